The quantitative estimate of drug-likeness (QED) is 0.152. The lowest BCUT2D eigenvalue weighted by Crippen LogP contribution is -2.30. The van der Waals surface area contributed by atoms with Gasteiger partial charge in [0.25, 0.3) is 0 Å². The second-order valence-electron chi connectivity index (χ2n) is 28.2. The maximum Gasteiger partial charge on any atom is 0.160 e. The normalized spacial score (nSPS) is 15.9. The summed E-state index contributed by atoms with van der Waals surface area (Å²) in [5.41, 5.74) is 34.8. The molecule has 2 spiro atoms. The van der Waals surface area contributed by atoms with E-state index < -0.39 is 10.8 Å². The lowest BCUT2D eigenvalue weighted by atomic mass is 9.65. The largest absolute Gasteiger partial charge is 0.281 e. The molecular formula is C102H68N4. The fourth-order valence-electron chi connectivity index (χ4n) is 17.8. The van der Waals surface area contributed by atoms with E-state index in [1.165, 1.54) is 77.9 Å². The van der Waals surface area contributed by atoms with Gasteiger partial charge in [-0.05, 0) is 182 Å². The van der Waals surface area contributed by atoms with Crippen LogP contribution in [0.2, 0.25) is 0 Å². The molecule has 2 aromatic heterocycles. The highest BCUT2D eigenvalue weighted by Gasteiger charge is 2.52. The van der Waals surface area contributed by atoms with Crippen LogP contribution in [-0.2, 0) is 17.3 Å². The average Bonchev–Trinajstić information content (AvgIpc) is 1.52. The van der Waals surface area contributed by atoms with Crippen LogP contribution in [0.5, 0.6) is 0 Å². The summed E-state index contributed by atoms with van der Waals surface area (Å²) in [6.45, 7) is 10.1. The van der Waals surface area contributed by atoms with Gasteiger partial charge >= 0.3 is 0 Å². The molecule has 0 bridgehead atoms. The number of hydrogen-bond acceptors (Lipinski definition) is 4. The summed E-state index contributed by atoms with van der Waals surface area (Å²) in [4.78, 5) is 22.3. The van der Waals surface area contributed by atoms with Gasteiger partial charge in [-0.25, -0.2) is 15.0 Å². The van der Waals surface area contributed by atoms with Crippen molar-refractivity contribution >= 4 is 33.1 Å². The van der Waals surface area contributed by atoms with Gasteiger partial charge in [-0.2, -0.15) is 0 Å². The van der Waals surface area contributed by atoms with E-state index in [1.54, 1.807) is 0 Å². The fraction of sp³-hybridized carbons (Fsp3) is 0.0392. The van der Waals surface area contributed by atoms with Gasteiger partial charge in [-0.3, -0.25) is 4.99 Å². The number of hydrogen-bond donors (Lipinski definition) is 0. The molecule has 4 aliphatic carbocycles. The van der Waals surface area contributed by atoms with Crippen molar-refractivity contribution < 1.29 is 0 Å². The maximum absolute atomic E-state index is 5.93. The van der Waals surface area contributed by atoms with Crippen molar-refractivity contribution in [3.8, 4) is 101 Å². The first-order valence-corrected chi connectivity index (χ1v) is 36.5. The van der Waals surface area contributed by atoms with Crippen molar-refractivity contribution in [2.45, 2.75) is 17.3 Å². The molecule has 0 fully saturated rings. The second kappa shape index (κ2) is 25.2. The van der Waals surface area contributed by atoms with E-state index in [-0.39, 0.29) is 0 Å². The molecule has 20 rings (SSSR count). The topological polar surface area (TPSA) is 51.0 Å². The number of pyridine rings is 1. The zero-order valence-electron chi connectivity index (χ0n) is 58.3. The smallest absolute Gasteiger partial charge is 0.160 e. The van der Waals surface area contributed by atoms with Crippen LogP contribution in [0.1, 0.15) is 55.6 Å². The van der Waals surface area contributed by atoms with E-state index in [4.69, 9.17) is 26.5 Å². The SMILES string of the molecule is C=C1/C=C\C=C/CN=C(c2ccc(-c3nc(-c4ccc(-c5cc(-c6ccccc6)c6ccccc6n5)cc4)c4cc(-c5ccc6c(c5)C5(c7ccccc7-c7ccccc75)c5ccccc5-6)cc(-c5ccc6c(c5)C5(C(=C)/C=C\C=C/C6)c6ccccc6-c6ccccc65)c4n3)cc2)C=C1c1ccccc1. The molecule has 0 amide bonds. The predicted octanol–water partition coefficient (Wildman–Crippen LogP) is 24.6. The molecule has 496 valence electrons. The molecule has 106 heavy (non-hydrogen) atoms. The Morgan fingerprint density at radius 1 is 0.311 bits per heavy atom. The number of para-hydroxylation sites is 1. The molecule has 0 radical (unpaired) electrons. The molecule has 3 heterocycles. The summed E-state index contributed by atoms with van der Waals surface area (Å²) in [5, 5.41) is 2.03. The Morgan fingerprint density at radius 2 is 0.840 bits per heavy atom. The monoisotopic (exact) mass is 1350 g/mol. The zero-order valence-corrected chi connectivity index (χ0v) is 58.3. The third-order valence-corrected chi connectivity index (χ3v) is 22.6. The highest BCUT2D eigenvalue weighted by molar-refractivity contribution is 6.14. The van der Waals surface area contributed by atoms with Crippen molar-refractivity contribution in [1.29, 1.82) is 0 Å². The third-order valence-electron chi connectivity index (χ3n) is 22.6. The van der Waals surface area contributed by atoms with Gasteiger partial charge < -0.3 is 0 Å². The Hall–Kier alpha value is -13.5. The number of allylic oxidation sites excluding steroid dienone is 11. The summed E-state index contributed by atoms with van der Waals surface area (Å²) in [6, 6.07) is 114. The Balaban J connectivity index is 0.843. The maximum atomic E-state index is 5.93. The summed E-state index contributed by atoms with van der Waals surface area (Å²) >= 11 is 0. The van der Waals surface area contributed by atoms with Gasteiger partial charge in [0.15, 0.2) is 5.82 Å². The third kappa shape index (κ3) is 9.82. The zero-order chi connectivity index (χ0) is 70.5. The second-order valence-corrected chi connectivity index (χ2v) is 28.2. The van der Waals surface area contributed by atoms with Gasteiger partial charge in [0.2, 0.25) is 0 Å². The van der Waals surface area contributed by atoms with E-state index in [0.717, 1.165) is 123 Å². The number of rotatable bonds is 8. The van der Waals surface area contributed by atoms with E-state index >= 15 is 0 Å². The van der Waals surface area contributed by atoms with E-state index in [0.29, 0.717) is 12.4 Å². The van der Waals surface area contributed by atoms with Crippen LogP contribution in [0, 0.1) is 0 Å². The first-order chi connectivity index (χ1) is 52.4. The summed E-state index contributed by atoms with van der Waals surface area (Å²) in [5.74, 6) is 0.600. The van der Waals surface area contributed by atoms with Crippen molar-refractivity contribution in [3.05, 3.63) is 444 Å². The van der Waals surface area contributed by atoms with Gasteiger partial charge in [-0.1, -0.05) is 335 Å². The predicted molar refractivity (Wildman–Crippen MR) is 440 cm³/mol. The molecule has 13 aromatic carbocycles. The van der Waals surface area contributed by atoms with Crippen LogP contribution in [0.25, 0.3) is 128 Å². The summed E-state index contributed by atoms with van der Waals surface area (Å²) in [7, 11) is 0. The minimum atomic E-state index is -0.724. The molecule has 0 N–H and O–H groups in total. The summed E-state index contributed by atoms with van der Waals surface area (Å²) in [6.07, 6.45) is 20.0. The van der Waals surface area contributed by atoms with Gasteiger partial charge in [0, 0.05) is 33.0 Å². The van der Waals surface area contributed by atoms with Gasteiger partial charge in [-0.15, -0.1) is 0 Å². The van der Waals surface area contributed by atoms with Crippen molar-refractivity contribution in [1.82, 2.24) is 15.0 Å². The highest BCUT2D eigenvalue weighted by Crippen LogP contribution is 2.64. The Labute approximate surface area is 617 Å². The Kier molecular flexibility index (Phi) is 14.8. The minimum absolute atomic E-state index is 0.518. The highest BCUT2D eigenvalue weighted by atomic mass is 14.9. The molecule has 0 atom stereocenters. The molecule has 1 aliphatic heterocycles. The van der Waals surface area contributed by atoms with Crippen LogP contribution >= 0.6 is 0 Å². The summed E-state index contributed by atoms with van der Waals surface area (Å²) < 4.78 is 0. The van der Waals surface area contributed by atoms with Crippen LogP contribution < -0.4 is 0 Å². The van der Waals surface area contributed by atoms with Crippen molar-refractivity contribution in [2.24, 2.45) is 4.99 Å². The van der Waals surface area contributed by atoms with Crippen LogP contribution in [0.4, 0.5) is 0 Å². The fourth-order valence-corrected chi connectivity index (χ4v) is 17.8. The van der Waals surface area contributed by atoms with Crippen molar-refractivity contribution in [3.63, 3.8) is 0 Å². The number of benzene rings is 13. The average molecular weight is 1350 g/mol. The van der Waals surface area contributed by atoms with E-state index in [9.17, 15) is 0 Å². The number of aromatic nitrogens is 3. The first kappa shape index (κ1) is 62.3. The standard InChI is InChI=1S/C102H68N4/c1-65-27-7-6-26-58-103-96(63-84(65)67-29-9-4-10-30-67)70-49-53-73(54-50-70)100-105-98(72-51-47-71(48-52-72)97-64-85(68-31-11-5-12-32-68)83-39-19-25-45-95(83)104-97)87-60-76(74-56-57-82-81-38-18-24-44-92(81)102(94(82)61-74)90-42-22-16-36-79(90)80-37-17-23-43-91(80)102)59-86(99(87)106-100)75-55-46-69-33-13-3-8-28-66(2)101(93(69)62-75)88-40-20-14-34-77(88)78-35-15-21-41-89(78)101/h3-32,34-57,59-64H,1-2,33,58H2/b13-3-,26-6-,27-7-,28-8-,84-63?,103-96?. The van der Waals surface area contributed by atoms with Crippen LogP contribution in [-0.4, -0.2) is 27.2 Å². The van der Waals surface area contributed by atoms with E-state index in [2.05, 4.69) is 352 Å². The molecule has 4 nitrogen and oxygen atoms in total. The molecular weight excluding hydrogens is 1280 g/mol. The molecule has 0 saturated carbocycles. The van der Waals surface area contributed by atoms with Crippen LogP contribution in [0.3, 0.4) is 0 Å². The molecule has 0 unspecified atom stereocenters. The minimum Gasteiger partial charge on any atom is -0.281 e. The first-order valence-electron chi connectivity index (χ1n) is 36.5. The number of nitrogens with zero attached hydrogens (tertiary/aromatic N) is 4. The van der Waals surface area contributed by atoms with Crippen LogP contribution in [0.15, 0.2) is 393 Å². The van der Waals surface area contributed by atoms with Crippen molar-refractivity contribution in [2.75, 3.05) is 6.54 Å². The molecule has 0 saturated heterocycles. The molecule has 15 aromatic rings. The van der Waals surface area contributed by atoms with E-state index in [1.807, 2.05) is 18.2 Å². The Morgan fingerprint density at radius 3 is 1.51 bits per heavy atom. The molecule has 5 aliphatic rings. The lowest BCUT2D eigenvalue weighted by molar-refractivity contribution is 0.760. The lowest BCUT2D eigenvalue weighted by Gasteiger charge is -2.36. The number of fused-ring (bicyclic) bond motifs is 19. The molecule has 4 heteroatoms. The Bertz CT molecular complexity index is 6290. The van der Waals surface area contributed by atoms with Gasteiger partial charge in [0.1, 0.15) is 0 Å². The van der Waals surface area contributed by atoms with Gasteiger partial charge in [0.05, 0.1) is 45.5 Å². The number of aliphatic imine (C=N–C) groups is 1.